The maximum absolute atomic E-state index is 12.1. The van der Waals surface area contributed by atoms with Gasteiger partial charge in [0.25, 0.3) is 5.91 Å². The average molecular weight is 322 g/mol. The fraction of sp³-hybridized carbons (Fsp3) is 0.158. The smallest absolute Gasteiger partial charge is 0.251 e. The summed E-state index contributed by atoms with van der Waals surface area (Å²) in [5, 5.41) is 12.9. The number of benzene rings is 2. The largest absolute Gasteiger partial charge is 0.444 e. The van der Waals surface area contributed by atoms with Crippen molar-refractivity contribution < 1.29 is 14.3 Å². The topological polar surface area (TPSA) is 75.4 Å². The molecular formula is C19H18N2O3. The summed E-state index contributed by atoms with van der Waals surface area (Å²) < 4.78 is 5.21. The van der Waals surface area contributed by atoms with Gasteiger partial charge in [-0.2, -0.15) is 0 Å². The highest BCUT2D eigenvalue weighted by molar-refractivity contribution is 5.94. The Morgan fingerprint density at radius 3 is 2.54 bits per heavy atom. The molecule has 0 radical (unpaired) electrons. The van der Waals surface area contributed by atoms with E-state index in [1.165, 1.54) is 6.39 Å². The van der Waals surface area contributed by atoms with Crippen LogP contribution in [-0.4, -0.2) is 22.5 Å². The summed E-state index contributed by atoms with van der Waals surface area (Å²) in [7, 11) is 0. The lowest BCUT2D eigenvalue weighted by Crippen LogP contribution is -2.25. The van der Waals surface area contributed by atoms with Crippen molar-refractivity contribution in [2.24, 2.45) is 0 Å². The van der Waals surface area contributed by atoms with Gasteiger partial charge < -0.3 is 14.8 Å². The van der Waals surface area contributed by atoms with Crippen molar-refractivity contribution in [1.29, 1.82) is 0 Å². The number of hydrogen-bond acceptors (Lipinski definition) is 4. The summed E-state index contributed by atoms with van der Waals surface area (Å²) in [5.41, 5.74) is 2.28. The molecule has 0 aliphatic carbocycles. The van der Waals surface area contributed by atoms with E-state index >= 15 is 0 Å². The zero-order valence-corrected chi connectivity index (χ0v) is 13.1. The first-order chi connectivity index (χ1) is 11.7. The molecule has 0 saturated heterocycles. The number of carbonyl (C=O) groups excluding carboxylic acids is 1. The van der Waals surface area contributed by atoms with Crippen LogP contribution in [0.25, 0.3) is 11.3 Å². The molecule has 5 nitrogen and oxygen atoms in total. The molecule has 0 fully saturated rings. The minimum absolute atomic E-state index is 0.167. The number of aromatic nitrogens is 1. The third-order valence-electron chi connectivity index (χ3n) is 3.75. The Morgan fingerprint density at radius 1 is 1.12 bits per heavy atom. The molecule has 122 valence electrons. The summed E-state index contributed by atoms with van der Waals surface area (Å²) in [6.45, 7) is 0.402. The normalized spacial score (nSPS) is 11.9. The molecule has 1 atom stereocenters. The highest BCUT2D eigenvalue weighted by Gasteiger charge is 2.10. The van der Waals surface area contributed by atoms with Crippen molar-refractivity contribution in [3.05, 3.63) is 78.3 Å². The molecule has 0 aliphatic heterocycles. The van der Waals surface area contributed by atoms with Gasteiger partial charge in [0.2, 0.25) is 0 Å². The third kappa shape index (κ3) is 3.88. The summed E-state index contributed by atoms with van der Waals surface area (Å²) in [5.74, 6) is 0.493. The van der Waals surface area contributed by atoms with Gasteiger partial charge in [-0.1, -0.05) is 42.5 Å². The molecule has 1 aromatic heterocycles. The average Bonchev–Trinajstić information content (AvgIpc) is 3.17. The van der Waals surface area contributed by atoms with Crippen molar-refractivity contribution in [3.8, 4) is 11.3 Å². The maximum Gasteiger partial charge on any atom is 0.251 e. The third-order valence-corrected chi connectivity index (χ3v) is 3.75. The maximum atomic E-state index is 12.1. The zero-order chi connectivity index (χ0) is 16.8. The summed E-state index contributed by atoms with van der Waals surface area (Å²) in [6.07, 6.45) is 2.88. The van der Waals surface area contributed by atoms with Crippen LogP contribution in [0.2, 0.25) is 0 Å². The minimum Gasteiger partial charge on any atom is -0.444 e. The van der Waals surface area contributed by atoms with Crippen LogP contribution in [0.1, 0.15) is 28.4 Å². The lowest BCUT2D eigenvalue weighted by Gasteiger charge is -2.11. The fourth-order valence-corrected chi connectivity index (χ4v) is 2.41. The lowest BCUT2D eigenvalue weighted by molar-refractivity contribution is 0.0942. The van der Waals surface area contributed by atoms with Crippen LogP contribution in [0.3, 0.4) is 0 Å². The van der Waals surface area contributed by atoms with E-state index < -0.39 is 6.10 Å². The second kappa shape index (κ2) is 7.57. The number of nitrogens with zero attached hydrogens (tertiary/aromatic N) is 1. The molecule has 0 saturated carbocycles. The van der Waals surface area contributed by atoms with Gasteiger partial charge in [0.05, 0.1) is 12.3 Å². The van der Waals surface area contributed by atoms with Crippen LogP contribution in [0.5, 0.6) is 0 Å². The molecule has 0 bridgehead atoms. The number of nitrogens with one attached hydrogen (secondary N) is 1. The highest BCUT2D eigenvalue weighted by atomic mass is 16.3. The Kier molecular flexibility index (Phi) is 5.03. The van der Waals surface area contributed by atoms with Crippen molar-refractivity contribution in [2.45, 2.75) is 12.5 Å². The Morgan fingerprint density at radius 2 is 1.88 bits per heavy atom. The van der Waals surface area contributed by atoms with Crippen LogP contribution >= 0.6 is 0 Å². The standard InChI is InChI=1S/C19H18N2O3/c22-17(14-4-2-1-3-5-14)10-11-21-19(23)16-8-6-15(7-9-16)18-12-20-13-24-18/h1-9,12-13,17,22H,10-11H2,(H,21,23). The molecule has 3 rings (SSSR count). The SMILES string of the molecule is O=C(NCCC(O)c1ccccc1)c1ccc(-c2cnco2)cc1. The number of amides is 1. The Hall–Kier alpha value is -2.92. The number of aliphatic hydroxyl groups excluding tert-OH is 1. The number of carbonyl (C=O) groups is 1. The van der Waals surface area contributed by atoms with E-state index in [2.05, 4.69) is 10.3 Å². The first kappa shape index (κ1) is 16.0. The number of aliphatic hydroxyl groups is 1. The van der Waals surface area contributed by atoms with Crippen LogP contribution in [0.15, 0.2) is 71.6 Å². The zero-order valence-electron chi connectivity index (χ0n) is 13.1. The Labute approximate surface area is 140 Å². The van der Waals surface area contributed by atoms with Gasteiger partial charge in [0.1, 0.15) is 0 Å². The summed E-state index contributed by atoms with van der Waals surface area (Å²) in [4.78, 5) is 16.0. The molecular weight excluding hydrogens is 304 g/mol. The summed E-state index contributed by atoms with van der Waals surface area (Å²) >= 11 is 0. The van der Waals surface area contributed by atoms with E-state index in [-0.39, 0.29) is 5.91 Å². The predicted octanol–water partition coefficient (Wildman–Crippen LogP) is 3.20. The van der Waals surface area contributed by atoms with Crippen LogP contribution in [0.4, 0.5) is 0 Å². The molecule has 24 heavy (non-hydrogen) atoms. The van der Waals surface area contributed by atoms with Gasteiger partial charge in [-0.05, 0) is 24.1 Å². The molecule has 1 unspecified atom stereocenters. The van der Waals surface area contributed by atoms with Crippen molar-refractivity contribution in [3.63, 3.8) is 0 Å². The number of oxazole rings is 1. The molecule has 2 N–H and O–H groups in total. The molecule has 2 aromatic carbocycles. The molecule has 1 heterocycles. The minimum atomic E-state index is -0.583. The lowest BCUT2D eigenvalue weighted by atomic mass is 10.1. The highest BCUT2D eigenvalue weighted by Crippen LogP contribution is 2.19. The van der Waals surface area contributed by atoms with Gasteiger partial charge in [0, 0.05) is 17.7 Å². The first-order valence-electron chi connectivity index (χ1n) is 7.74. The van der Waals surface area contributed by atoms with E-state index in [0.717, 1.165) is 11.1 Å². The molecule has 3 aromatic rings. The van der Waals surface area contributed by atoms with Crippen molar-refractivity contribution in [2.75, 3.05) is 6.54 Å². The fourth-order valence-electron chi connectivity index (χ4n) is 2.41. The van der Waals surface area contributed by atoms with Gasteiger partial charge in [-0.3, -0.25) is 4.79 Å². The van der Waals surface area contributed by atoms with Crippen molar-refractivity contribution in [1.82, 2.24) is 10.3 Å². The molecule has 1 amide bonds. The van der Waals surface area contributed by atoms with Gasteiger partial charge >= 0.3 is 0 Å². The molecule has 5 heteroatoms. The second-order valence-corrected chi connectivity index (χ2v) is 5.41. The number of rotatable bonds is 6. The van der Waals surface area contributed by atoms with Gasteiger partial charge in [-0.15, -0.1) is 0 Å². The Bertz CT molecular complexity index is 768. The van der Waals surface area contributed by atoms with E-state index in [1.807, 2.05) is 42.5 Å². The molecule has 0 spiro atoms. The van der Waals surface area contributed by atoms with E-state index in [4.69, 9.17) is 4.42 Å². The van der Waals surface area contributed by atoms with Crippen LogP contribution < -0.4 is 5.32 Å². The Balaban J connectivity index is 1.52. The van der Waals surface area contributed by atoms with Gasteiger partial charge in [-0.25, -0.2) is 4.98 Å². The quantitative estimate of drug-likeness (QED) is 0.731. The summed E-state index contributed by atoms with van der Waals surface area (Å²) in [6, 6.07) is 16.5. The number of hydrogen-bond donors (Lipinski definition) is 2. The monoisotopic (exact) mass is 322 g/mol. The second-order valence-electron chi connectivity index (χ2n) is 5.41. The van der Waals surface area contributed by atoms with Crippen molar-refractivity contribution >= 4 is 5.91 Å². The van der Waals surface area contributed by atoms with Crippen LogP contribution in [-0.2, 0) is 0 Å². The van der Waals surface area contributed by atoms with Gasteiger partial charge in [0.15, 0.2) is 12.2 Å². The van der Waals surface area contributed by atoms with Crippen LogP contribution in [0, 0.1) is 0 Å². The first-order valence-corrected chi connectivity index (χ1v) is 7.74. The van der Waals surface area contributed by atoms with E-state index in [0.29, 0.717) is 24.3 Å². The van der Waals surface area contributed by atoms with E-state index in [9.17, 15) is 9.90 Å². The van der Waals surface area contributed by atoms with E-state index in [1.54, 1.807) is 18.3 Å². The predicted molar refractivity (Wildman–Crippen MR) is 90.3 cm³/mol. The molecule has 0 aliphatic rings.